The number of anilines is 1. The van der Waals surface area contributed by atoms with Gasteiger partial charge in [-0.25, -0.2) is 0 Å². The molecule has 4 amide bonds. The molecule has 2 aromatic rings. The second-order valence-electron chi connectivity index (χ2n) is 12.0. The van der Waals surface area contributed by atoms with Crippen LogP contribution in [0.1, 0.15) is 43.7 Å². The van der Waals surface area contributed by atoms with Gasteiger partial charge in [0, 0.05) is 48.3 Å². The van der Waals surface area contributed by atoms with E-state index in [1.165, 1.54) is 56.6 Å². The van der Waals surface area contributed by atoms with Crippen LogP contribution < -0.4 is 27.4 Å². The van der Waals surface area contributed by atoms with Gasteiger partial charge in [-0.2, -0.15) is 0 Å². The Morgan fingerprint density at radius 2 is 1.76 bits per heavy atom. The number of aliphatic hydroxyl groups excluding tert-OH is 1. The van der Waals surface area contributed by atoms with Gasteiger partial charge in [0.1, 0.15) is 30.7 Å². The fourth-order valence-corrected chi connectivity index (χ4v) is 7.40. The van der Waals surface area contributed by atoms with E-state index in [0.29, 0.717) is 66.4 Å². The number of likely N-dealkylation sites (N-methyl/N-ethyl adjacent to an activating group) is 1. The van der Waals surface area contributed by atoms with E-state index in [2.05, 4.69) is 16.0 Å². The Bertz CT molecular complexity index is 1510. The number of nitrogen functional groups attached to an aromatic ring is 1. The monoisotopic (exact) mass is 743 g/mol. The number of benzene rings is 2. The number of nitrogens with one attached hydrogen (secondary N) is 3. The van der Waals surface area contributed by atoms with Crippen molar-refractivity contribution in [2.24, 2.45) is 5.73 Å². The van der Waals surface area contributed by atoms with Gasteiger partial charge in [0.15, 0.2) is 0 Å². The van der Waals surface area contributed by atoms with Gasteiger partial charge in [-0.15, -0.1) is 0 Å². The van der Waals surface area contributed by atoms with Crippen LogP contribution in [-0.4, -0.2) is 112 Å². The second-order valence-corrected chi connectivity index (χ2v) is 14.7. The lowest BCUT2D eigenvalue weighted by Gasteiger charge is -2.38. The van der Waals surface area contributed by atoms with Crippen molar-refractivity contribution < 1.29 is 34.2 Å². The number of para-hydroxylation sites is 1. The zero-order valence-corrected chi connectivity index (χ0v) is 30.6. The summed E-state index contributed by atoms with van der Waals surface area (Å²) in [5.41, 5.74) is 13.8. The van der Waals surface area contributed by atoms with Gasteiger partial charge in [0.25, 0.3) is 0 Å². The third-order valence-corrected chi connectivity index (χ3v) is 10.5. The largest absolute Gasteiger partial charge is 0.508 e. The summed E-state index contributed by atoms with van der Waals surface area (Å²) in [4.78, 5) is 68.1. The summed E-state index contributed by atoms with van der Waals surface area (Å²) in [6.07, 6.45) is 3.27. The van der Waals surface area contributed by atoms with Gasteiger partial charge in [-0.1, -0.05) is 51.9 Å². The number of unbranched alkanes of at least 4 members (excludes halogenated alkanes) is 1. The molecule has 0 aromatic heterocycles. The molecular formula is C35H49N7O7S2. The highest BCUT2D eigenvalue weighted by atomic mass is 33.1. The summed E-state index contributed by atoms with van der Waals surface area (Å²) in [5, 5.41) is 27.8. The van der Waals surface area contributed by atoms with Crippen LogP contribution in [0.25, 0.3) is 5.70 Å². The van der Waals surface area contributed by atoms with E-state index in [9.17, 15) is 34.2 Å². The van der Waals surface area contributed by atoms with Crippen LogP contribution in [0, 0.1) is 0 Å². The van der Waals surface area contributed by atoms with Crippen molar-refractivity contribution in [2.75, 3.05) is 43.9 Å². The molecule has 16 heteroatoms. The number of aldehydes is 1. The first-order chi connectivity index (χ1) is 24.5. The zero-order valence-electron chi connectivity index (χ0n) is 29.0. The number of phenolic OH excluding ortho intramolecular Hbond substituents is 1. The van der Waals surface area contributed by atoms with E-state index in [1.807, 2.05) is 0 Å². The topological polar surface area (TPSA) is 220 Å². The fraction of sp³-hybridized carbons (Fsp3) is 0.457. The van der Waals surface area contributed by atoms with Crippen molar-refractivity contribution in [2.45, 2.75) is 63.3 Å². The van der Waals surface area contributed by atoms with E-state index in [0.717, 1.165) is 6.29 Å². The fourth-order valence-electron chi connectivity index (χ4n) is 5.51. The summed E-state index contributed by atoms with van der Waals surface area (Å²) < 4.78 is 0. The van der Waals surface area contributed by atoms with E-state index >= 15 is 0 Å². The number of carbonyl (C=O) groups is 5. The Morgan fingerprint density at radius 3 is 2.41 bits per heavy atom. The molecule has 0 saturated heterocycles. The summed E-state index contributed by atoms with van der Waals surface area (Å²) >= 11 is 0. The van der Waals surface area contributed by atoms with E-state index < -0.39 is 36.0 Å². The normalized spacial score (nSPS) is 15.4. The standard InChI is InChI=1S/C35H49N7O7S2/c1-23(44)33(38-2)34(48)39-16-18-51-50-17-14-31(46)40-29(19-24-10-12-26(45)13-11-24)35(49)41-20-30(27-8-3-4-9-28(27)37)42(32(47)21-41)25(22-43)7-5-6-15-36/h3-4,8-13,20,22-23,25,29,33,38,44-45H,5-7,14-19,21,36-37H2,1-2H3,(H,39,48)(H,40,46)/t23-,25+,29+,33+/m1/s1. The molecular weight excluding hydrogens is 695 g/mol. The molecule has 9 N–H and O–H groups in total. The minimum absolute atomic E-state index is 0.0514. The van der Waals surface area contributed by atoms with Crippen LogP contribution in [0.15, 0.2) is 54.7 Å². The van der Waals surface area contributed by atoms with Crippen LogP contribution in [0.4, 0.5) is 5.69 Å². The number of hydrogen-bond acceptors (Lipinski definition) is 12. The third-order valence-electron chi connectivity index (χ3n) is 8.14. The molecule has 2 aromatic carbocycles. The lowest BCUT2D eigenvalue weighted by Crippen LogP contribution is -2.54. The number of nitrogens with two attached hydrogens (primary N) is 2. The first-order valence-electron chi connectivity index (χ1n) is 16.8. The first-order valence-corrected chi connectivity index (χ1v) is 19.3. The van der Waals surface area contributed by atoms with Gasteiger partial charge in [0.05, 0.1) is 17.8 Å². The van der Waals surface area contributed by atoms with Crippen molar-refractivity contribution in [3.63, 3.8) is 0 Å². The van der Waals surface area contributed by atoms with Crippen molar-refractivity contribution in [1.29, 1.82) is 0 Å². The lowest BCUT2D eigenvalue weighted by atomic mass is 10.0. The number of carbonyl (C=O) groups excluding carboxylic acids is 5. The highest BCUT2D eigenvalue weighted by Gasteiger charge is 2.37. The van der Waals surface area contributed by atoms with Gasteiger partial charge in [-0.3, -0.25) is 24.1 Å². The third kappa shape index (κ3) is 12.6. The average Bonchev–Trinajstić information content (AvgIpc) is 3.10. The molecule has 0 radical (unpaired) electrons. The molecule has 278 valence electrons. The van der Waals surface area contributed by atoms with Crippen LogP contribution in [0.5, 0.6) is 5.75 Å². The molecule has 0 bridgehead atoms. The Balaban J connectivity index is 1.74. The summed E-state index contributed by atoms with van der Waals surface area (Å²) in [6, 6.07) is 10.6. The number of rotatable bonds is 21. The predicted octanol–water partition coefficient (Wildman–Crippen LogP) is 1.22. The molecule has 4 atom stereocenters. The number of aromatic hydroxyl groups is 1. The van der Waals surface area contributed by atoms with Crippen LogP contribution in [-0.2, 0) is 30.4 Å². The minimum Gasteiger partial charge on any atom is -0.508 e. The summed E-state index contributed by atoms with van der Waals surface area (Å²) in [5.74, 6) is -0.610. The molecule has 0 unspecified atom stereocenters. The maximum atomic E-state index is 14.2. The molecule has 0 fully saturated rings. The van der Waals surface area contributed by atoms with Gasteiger partial charge in [-0.05, 0) is 63.5 Å². The average molecular weight is 744 g/mol. The predicted molar refractivity (Wildman–Crippen MR) is 201 cm³/mol. The number of amides is 4. The number of nitrogens with zero attached hydrogens (tertiary/aromatic N) is 2. The maximum absolute atomic E-state index is 14.2. The smallest absolute Gasteiger partial charge is 0.249 e. The quantitative estimate of drug-likeness (QED) is 0.0416. The van der Waals surface area contributed by atoms with Crippen LogP contribution in [0.2, 0.25) is 0 Å². The number of phenols is 1. The highest BCUT2D eigenvalue weighted by Crippen LogP contribution is 2.31. The Hall–Kier alpha value is -4.09. The molecule has 3 rings (SSSR count). The molecule has 0 saturated carbocycles. The van der Waals surface area contributed by atoms with Crippen molar-refractivity contribution >= 4 is 62.9 Å². The molecule has 0 aliphatic carbocycles. The minimum atomic E-state index is -1.06. The SMILES string of the molecule is CN[C@H](C(=O)NCCSSCCC(=O)N[C@@H](Cc1ccc(O)cc1)C(=O)N1C=C(c2ccccc2N)N([C@H](C=O)CCCCN)C(=O)C1)[C@@H](C)O. The zero-order chi connectivity index (χ0) is 37.3. The second kappa shape index (κ2) is 21.3. The molecule has 0 spiro atoms. The van der Waals surface area contributed by atoms with Crippen molar-refractivity contribution in [3.8, 4) is 5.75 Å². The van der Waals surface area contributed by atoms with E-state index in [4.69, 9.17) is 11.5 Å². The Labute approximate surface area is 306 Å². The van der Waals surface area contributed by atoms with Crippen LogP contribution in [0.3, 0.4) is 0 Å². The Morgan fingerprint density at radius 1 is 1.06 bits per heavy atom. The number of hydrogen-bond donors (Lipinski definition) is 7. The molecule has 1 aliphatic rings. The highest BCUT2D eigenvalue weighted by molar-refractivity contribution is 8.76. The number of aliphatic hydroxyl groups is 1. The Kier molecular flexibility index (Phi) is 17.3. The molecule has 1 heterocycles. The van der Waals surface area contributed by atoms with Gasteiger partial charge in [0.2, 0.25) is 23.6 Å². The van der Waals surface area contributed by atoms with Gasteiger partial charge < -0.3 is 47.3 Å². The summed E-state index contributed by atoms with van der Waals surface area (Å²) in [7, 11) is 4.52. The molecule has 51 heavy (non-hydrogen) atoms. The summed E-state index contributed by atoms with van der Waals surface area (Å²) in [6.45, 7) is 2.01. The van der Waals surface area contributed by atoms with Crippen molar-refractivity contribution in [1.82, 2.24) is 25.8 Å². The lowest BCUT2D eigenvalue weighted by molar-refractivity contribution is -0.141. The van der Waals surface area contributed by atoms with Crippen molar-refractivity contribution in [3.05, 3.63) is 65.9 Å². The van der Waals surface area contributed by atoms with E-state index in [-0.39, 0.29) is 37.0 Å². The first kappa shape index (κ1) is 41.3. The van der Waals surface area contributed by atoms with Crippen LogP contribution >= 0.6 is 21.6 Å². The molecule has 14 nitrogen and oxygen atoms in total. The molecule has 1 aliphatic heterocycles. The van der Waals surface area contributed by atoms with Gasteiger partial charge >= 0.3 is 0 Å². The van der Waals surface area contributed by atoms with E-state index in [1.54, 1.807) is 43.4 Å². The maximum Gasteiger partial charge on any atom is 0.249 e.